The smallest absolute Gasteiger partial charge is 0.272 e. The van der Waals surface area contributed by atoms with E-state index in [-0.39, 0.29) is 11.5 Å². The molecule has 5 heteroatoms. The first kappa shape index (κ1) is 18.8. The van der Waals surface area contributed by atoms with Crippen molar-refractivity contribution in [3.8, 4) is 0 Å². The van der Waals surface area contributed by atoms with Gasteiger partial charge >= 0.3 is 0 Å². The molecule has 0 saturated heterocycles. The predicted molar refractivity (Wildman–Crippen MR) is 108 cm³/mol. The van der Waals surface area contributed by atoms with Gasteiger partial charge in [0.05, 0.1) is 11.0 Å². The maximum atomic E-state index is 13.1. The minimum atomic E-state index is -0.0826. The second-order valence-corrected chi connectivity index (χ2v) is 6.66. The van der Waals surface area contributed by atoms with Crippen LogP contribution in [-0.4, -0.2) is 26.9 Å². The molecule has 0 atom stereocenters. The number of carbonyl (C=O) groups is 1. The minimum absolute atomic E-state index is 0.0173. The number of hydrogen-bond donors (Lipinski definition) is 0. The largest absolute Gasteiger partial charge is 0.334 e. The highest BCUT2D eigenvalue weighted by atomic mass is 16.2. The van der Waals surface area contributed by atoms with Crippen molar-refractivity contribution >= 4 is 16.9 Å². The normalized spacial score (nSPS) is 10.9. The molecule has 1 aromatic heterocycles. The van der Waals surface area contributed by atoms with E-state index in [1.807, 2.05) is 48.2 Å². The van der Waals surface area contributed by atoms with Gasteiger partial charge in [-0.25, -0.2) is 4.98 Å². The number of amides is 1. The van der Waals surface area contributed by atoms with E-state index in [0.29, 0.717) is 36.4 Å². The fourth-order valence-corrected chi connectivity index (χ4v) is 3.33. The van der Waals surface area contributed by atoms with E-state index in [4.69, 9.17) is 0 Å². The van der Waals surface area contributed by atoms with E-state index in [2.05, 4.69) is 11.9 Å². The molecular weight excluding hydrogens is 338 g/mol. The number of aryl methyl sites for hydroxylation is 2. The van der Waals surface area contributed by atoms with Crippen LogP contribution in [0.2, 0.25) is 0 Å². The van der Waals surface area contributed by atoms with Crippen LogP contribution in [0.25, 0.3) is 11.0 Å². The topological polar surface area (TPSA) is 55.2 Å². The number of aromatic nitrogens is 2. The fraction of sp³-hybridized carbons (Fsp3) is 0.318. The Morgan fingerprint density at radius 2 is 1.85 bits per heavy atom. The van der Waals surface area contributed by atoms with Crippen molar-refractivity contribution in [1.29, 1.82) is 0 Å². The van der Waals surface area contributed by atoms with E-state index in [1.54, 1.807) is 23.6 Å². The van der Waals surface area contributed by atoms with Gasteiger partial charge in [0, 0.05) is 25.2 Å². The highest BCUT2D eigenvalue weighted by Crippen LogP contribution is 2.17. The van der Waals surface area contributed by atoms with E-state index in [1.165, 1.54) is 0 Å². The maximum absolute atomic E-state index is 13.1. The highest BCUT2D eigenvalue weighted by Gasteiger charge is 2.17. The molecule has 0 spiro atoms. The van der Waals surface area contributed by atoms with Gasteiger partial charge in [0.2, 0.25) is 0 Å². The molecule has 3 rings (SSSR count). The molecule has 3 aromatic rings. The quantitative estimate of drug-likeness (QED) is 0.670. The van der Waals surface area contributed by atoms with Gasteiger partial charge in [-0.15, -0.1) is 0 Å². The summed E-state index contributed by atoms with van der Waals surface area (Å²) in [5.41, 5.74) is 3.50. The Morgan fingerprint density at radius 1 is 1.11 bits per heavy atom. The van der Waals surface area contributed by atoms with Crippen LogP contribution < -0.4 is 5.56 Å². The second kappa shape index (κ2) is 8.16. The number of benzene rings is 2. The van der Waals surface area contributed by atoms with E-state index in [9.17, 15) is 9.59 Å². The lowest BCUT2D eigenvalue weighted by Crippen LogP contribution is -2.31. The molecule has 27 heavy (non-hydrogen) atoms. The molecule has 0 N–H and O–H groups in total. The molecule has 0 aliphatic carbocycles. The lowest BCUT2D eigenvalue weighted by atomic mass is 10.1. The molecule has 0 bridgehead atoms. The summed E-state index contributed by atoms with van der Waals surface area (Å²) in [7, 11) is 0. The zero-order chi connectivity index (χ0) is 19.4. The van der Waals surface area contributed by atoms with Crippen LogP contribution >= 0.6 is 0 Å². The fourth-order valence-electron chi connectivity index (χ4n) is 3.33. The zero-order valence-electron chi connectivity index (χ0n) is 16.1. The Morgan fingerprint density at radius 3 is 2.52 bits per heavy atom. The Kier molecular flexibility index (Phi) is 5.69. The van der Waals surface area contributed by atoms with Gasteiger partial charge in [0.25, 0.3) is 11.5 Å². The number of hydrogen-bond acceptors (Lipinski definition) is 3. The SMILES string of the molecule is CCCN(Cc1ccccc1)C(=O)c1ccc2c(c1)nc(C)c(=O)n2CC. The van der Waals surface area contributed by atoms with Crippen molar-refractivity contribution in [2.45, 2.75) is 40.3 Å². The van der Waals surface area contributed by atoms with Gasteiger partial charge in [0.15, 0.2) is 0 Å². The summed E-state index contributed by atoms with van der Waals surface area (Å²) in [4.78, 5) is 31.6. The molecule has 0 aliphatic rings. The molecule has 140 valence electrons. The van der Waals surface area contributed by atoms with E-state index < -0.39 is 0 Å². The molecule has 0 aliphatic heterocycles. The molecule has 2 aromatic carbocycles. The molecule has 0 fully saturated rings. The highest BCUT2D eigenvalue weighted by molar-refractivity contribution is 5.97. The summed E-state index contributed by atoms with van der Waals surface area (Å²) in [6, 6.07) is 15.4. The predicted octanol–water partition coefficient (Wildman–Crippen LogP) is 3.78. The van der Waals surface area contributed by atoms with Crippen LogP contribution in [0.5, 0.6) is 0 Å². The van der Waals surface area contributed by atoms with Crippen LogP contribution in [0.1, 0.15) is 41.9 Å². The first-order valence-electron chi connectivity index (χ1n) is 9.39. The molecular formula is C22H25N3O2. The number of nitrogens with zero attached hydrogens (tertiary/aromatic N) is 3. The monoisotopic (exact) mass is 363 g/mol. The number of fused-ring (bicyclic) bond motifs is 1. The molecule has 0 radical (unpaired) electrons. The van der Waals surface area contributed by atoms with Crippen molar-refractivity contribution in [2.75, 3.05) is 6.54 Å². The van der Waals surface area contributed by atoms with Crippen LogP contribution in [0.4, 0.5) is 0 Å². The third kappa shape index (κ3) is 3.92. The van der Waals surface area contributed by atoms with Crippen molar-refractivity contribution < 1.29 is 4.79 Å². The average Bonchev–Trinajstić information content (AvgIpc) is 2.68. The molecule has 0 unspecified atom stereocenters. The first-order chi connectivity index (χ1) is 13.0. The molecule has 1 heterocycles. The summed E-state index contributed by atoms with van der Waals surface area (Å²) in [5, 5.41) is 0. The summed E-state index contributed by atoms with van der Waals surface area (Å²) in [6.07, 6.45) is 0.888. The van der Waals surface area contributed by atoms with Gasteiger partial charge in [-0.05, 0) is 44.0 Å². The first-order valence-corrected chi connectivity index (χ1v) is 9.39. The minimum Gasteiger partial charge on any atom is -0.334 e. The molecule has 5 nitrogen and oxygen atoms in total. The van der Waals surface area contributed by atoms with Crippen molar-refractivity contribution in [1.82, 2.24) is 14.5 Å². The molecule has 0 saturated carbocycles. The standard InChI is InChI=1S/C22H25N3O2/c1-4-13-24(15-17-9-7-6-8-10-17)22(27)18-11-12-20-19(14-18)23-16(3)21(26)25(20)5-2/h6-12,14H,4-5,13,15H2,1-3H3. The van der Waals surface area contributed by atoms with Gasteiger partial charge < -0.3 is 9.47 Å². The van der Waals surface area contributed by atoms with Gasteiger partial charge in [-0.2, -0.15) is 0 Å². The Hall–Kier alpha value is -2.95. The van der Waals surface area contributed by atoms with Gasteiger partial charge in [-0.1, -0.05) is 37.3 Å². The Bertz CT molecular complexity index is 1010. The van der Waals surface area contributed by atoms with Crippen LogP contribution in [-0.2, 0) is 13.1 Å². The maximum Gasteiger partial charge on any atom is 0.272 e. The van der Waals surface area contributed by atoms with Crippen molar-refractivity contribution in [2.24, 2.45) is 0 Å². The third-order valence-corrected chi connectivity index (χ3v) is 4.67. The van der Waals surface area contributed by atoms with Gasteiger partial charge in [-0.3, -0.25) is 9.59 Å². The number of rotatable bonds is 6. The Labute approximate surface area is 159 Å². The zero-order valence-corrected chi connectivity index (χ0v) is 16.1. The van der Waals surface area contributed by atoms with Crippen LogP contribution in [0.15, 0.2) is 53.3 Å². The summed E-state index contributed by atoms with van der Waals surface area (Å²) < 4.78 is 1.69. The van der Waals surface area contributed by atoms with Crippen LogP contribution in [0.3, 0.4) is 0 Å². The average molecular weight is 363 g/mol. The third-order valence-electron chi connectivity index (χ3n) is 4.67. The van der Waals surface area contributed by atoms with Crippen molar-refractivity contribution in [3.63, 3.8) is 0 Å². The van der Waals surface area contributed by atoms with Crippen LogP contribution in [0, 0.1) is 6.92 Å². The summed E-state index contributed by atoms with van der Waals surface area (Å²) in [5.74, 6) is -0.0173. The molecule has 1 amide bonds. The second-order valence-electron chi connectivity index (χ2n) is 6.66. The summed E-state index contributed by atoms with van der Waals surface area (Å²) in [6.45, 7) is 7.54. The lowest BCUT2D eigenvalue weighted by Gasteiger charge is -2.22. The summed E-state index contributed by atoms with van der Waals surface area (Å²) >= 11 is 0. The number of carbonyl (C=O) groups excluding carboxylic acids is 1. The van der Waals surface area contributed by atoms with Gasteiger partial charge in [0.1, 0.15) is 5.69 Å². The Balaban J connectivity index is 1.98. The van der Waals surface area contributed by atoms with E-state index >= 15 is 0 Å². The lowest BCUT2D eigenvalue weighted by molar-refractivity contribution is 0.0743. The van der Waals surface area contributed by atoms with Crippen molar-refractivity contribution in [3.05, 3.63) is 75.7 Å². The van der Waals surface area contributed by atoms with E-state index in [0.717, 1.165) is 17.5 Å².